The third kappa shape index (κ3) is 4.26. The highest BCUT2D eigenvalue weighted by molar-refractivity contribution is 5.68. The highest BCUT2D eigenvalue weighted by Gasteiger charge is 2.32. The number of likely N-dealkylation sites (tertiary alicyclic amines) is 2. The van der Waals surface area contributed by atoms with Gasteiger partial charge < -0.3 is 9.64 Å². The summed E-state index contributed by atoms with van der Waals surface area (Å²) in [6, 6.07) is 0.550. The minimum Gasteiger partial charge on any atom is -0.444 e. The second kappa shape index (κ2) is 7.09. The predicted octanol–water partition coefficient (Wildman–Crippen LogP) is 2.38. The first-order valence-corrected chi connectivity index (χ1v) is 8.99. The molecule has 2 aliphatic rings. The molecule has 3 heterocycles. The Bertz CT molecular complexity index is 532. The Morgan fingerprint density at radius 2 is 2.00 bits per heavy atom. The Kier molecular flexibility index (Phi) is 5.08. The summed E-state index contributed by atoms with van der Waals surface area (Å²) < 4.78 is 5.48. The van der Waals surface area contributed by atoms with Crippen LogP contribution in [0.1, 0.15) is 58.2 Å². The molecule has 0 saturated carbocycles. The van der Waals surface area contributed by atoms with Crippen molar-refractivity contribution in [2.24, 2.45) is 0 Å². The third-order valence-corrected chi connectivity index (χ3v) is 4.91. The lowest BCUT2D eigenvalue weighted by Crippen LogP contribution is -2.50. The van der Waals surface area contributed by atoms with Gasteiger partial charge in [0, 0.05) is 31.6 Å². The van der Waals surface area contributed by atoms with Gasteiger partial charge >= 0.3 is 6.09 Å². The first kappa shape index (κ1) is 17.2. The van der Waals surface area contributed by atoms with Crippen LogP contribution in [-0.2, 0) is 4.74 Å². The number of carbonyl (C=O) groups is 1. The maximum Gasteiger partial charge on any atom is 0.410 e. The minimum atomic E-state index is -0.425. The number of hydrogen-bond acceptors (Lipinski definition) is 5. The highest BCUT2D eigenvalue weighted by atomic mass is 16.6. The van der Waals surface area contributed by atoms with Gasteiger partial charge in [0.2, 0.25) is 0 Å². The quantitative estimate of drug-likeness (QED) is 0.898. The molecule has 7 heteroatoms. The SMILES string of the molecule is CC(C)(C)OC(=O)N1CCC(N2CCCC(c3ncn[nH]3)C2)CC1. The summed E-state index contributed by atoms with van der Waals surface area (Å²) in [4.78, 5) is 20.9. The van der Waals surface area contributed by atoms with E-state index in [-0.39, 0.29) is 6.09 Å². The molecule has 2 fully saturated rings. The lowest BCUT2D eigenvalue weighted by atomic mass is 9.93. The smallest absolute Gasteiger partial charge is 0.410 e. The van der Waals surface area contributed by atoms with E-state index in [1.165, 1.54) is 12.8 Å². The molecule has 2 aliphatic heterocycles. The molecule has 0 aromatic carbocycles. The van der Waals surface area contributed by atoms with Crippen molar-refractivity contribution in [2.45, 2.75) is 64.0 Å². The molecule has 0 spiro atoms. The summed E-state index contributed by atoms with van der Waals surface area (Å²) >= 11 is 0. The number of amides is 1. The number of nitrogens with zero attached hydrogens (tertiary/aromatic N) is 4. The van der Waals surface area contributed by atoms with Crippen LogP contribution in [0.3, 0.4) is 0 Å². The molecule has 2 saturated heterocycles. The largest absolute Gasteiger partial charge is 0.444 e. The molecule has 1 unspecified atom stereocenters. The Morgan fingerprint density at radius 1 is 1.25 bits per heavy atom. The van der Waals surface area contributed by atoms with Gasteiger partial charge in [-0.15, -0.1) is 0 Å². The molecule has 1 aromatic heterocycles. The van der Waals surface area contributed by atoms with E-state index < -0.39 is 5.60 Å². The van der Waals surface area contributed by atoms with Crippen LogP contribution in [0.5, 0.6) is 0 Å². The van der Waals surface area contributed by atoms with Crippen molar-refractivity contribution >= 4 is 6.09 Å². The zero-order chi connectivity index (χ0) is 17.2. The summed E-state index contributed by atoms with van der Waals surface area (Å²) in [5, 5.41) is 7.00. The van der Waals surface area contributed by atoms with Gasteiger partial charge in [-0.25, -0.2) is 9.78 Å². The molecule has 3 rings (SSSR count). The molecule has 0 bridgehead atoms. The number of rotatable bonds is 2. The zero-order valence-electron chi connectivity index (χ0n) is 15.0. The Balaban J connectivity index is 1.50. The van der Waals surface area contributed by atoms with E-state index in [0.29, 0.717) is 12.0 Å². The van der Waals surface area contributed by atoms with Crippen LogP contribution in [0, 0.1) is 0 Å². The number of nitrogens with one attached hydrogen (secondary N) is 1. The number of hydrogen-bond donors (Lipinski definition) is 1. The van der Waals surface area contributed by atoms with Crippen LogP contribution in [-0.4, -0.2) is 68.9 Å². The number of ether oxygens (including phenoxy) is 1. The van der Waals surface area contributed by atoms with Gasteiger partial charge in [-0.3, -0.25) is 10.00 Å². The monoisotopic (exact) mass is 335 g/mol. The van der Waals surface area contributed by atoms with E-state index in [1.807, 2.05) is 25.7 Å². The lowest BCUT2D eigenvalue weighted by molar-refractivity contribution is 0.0123. The topological polar surface area (TPSA) is 74.3 Å². The molecule has 1 aromatic rings. The van der Waals surface area contributed by atoms with E-state index in [1.54, 1.807) is 6.33 Å². The van der Waals surface area contributed by atoms with Crippen LogP contribution in [0.4, 0.5) is 4.79 Å². The first-order valence-electron chi connectivity index (χ1n) is 8.99. The summed E-state index contributed by atoms with van der Waals surface area (Å²) in [5.41, 5.74) is -0.425. The molecule has 0 aliphatic carbocycles. The van der Waals surface area contributed by atoms with Gasteiger partial charge in [-0.05, 0) is 53.0 Å². The molecule has 0 radical (unpaired) electrons. The molecule has 1 amide bonds. The molecule has 7 nitrogen and oxygen atoms in total. The van der Waals surface area contributed by atoms with Crippen molar-refractivity contribution in [1.82, 2.24) is 25.0 Å². The number of piperidine rings is 2. The van der Waals surface area contributed by atoms with Gasteiger partial charge in [0.25, 0.3) is 0 Å². The number of H-pyrrole nitrogens is 1. The Morgan fingerprint density at radius 3 is 2.62 bits per heavy atom. The molecule has 1 atom stereocenters. The lowest BCUT2D eigenvalue weighted by Gasteiger charge is -2.42. The van der Waals surface area contributed by atoms with Gasteiger partial charge in [0.1, 0.15) is 17.8 Å². The average Bonchev–Trinajstić information content (AvgIpc) is 3.08. The molecular formula is C17H29N5O2. The molecular weight excluding hydrogens is 306 g/mol. The van der Waals surface area contributed by atoms with Crippen LogP contribution in [0.2, 0.25) is 0 Å². The van der Waals surface area contributed by atoms with Crippen molar-refractivity contribution in [3.8, 4) is 0 Å². The summed E-state index contributed by atoms with van der Waals surface area (Å²) in [7, 11) is 0. The van der Waals surface area contributed by atoms with Gasteiger partial charge in [-0.2, -0.15) is 5.10 Å². The summed E-state index contributed by atoms with van der Waals surface area (Å²) in [5.74, 6) is 1.45. The van der Waals surface area contributed by atoms with E-state index in [9.17, 15) is 4.79 Å². The summed E-state index contributed by atoms with van der Waals surface area (Å²) in [6.07, 6.45) is 5.80. The first-order chi connectivity index (χ1) is 11.4. The average molecular weight is 335 g/mol. The van der Waals surface area contributed by atoms with Crippen LogP contribution in [0.25, 0.3) is 0 Å². The van der Waals surface area contributed by atoms with Gasteiger partial charge in [0.15, 0.2) is 0 Å². The Labute approximate surface area is 143 Å². The maximum atomic E-state index is 12.2. The van der Waals surface area contributed by atoms with Crippen molar-refractivity contribution in [2.75, 3.05) is 26.2 Å². The number of carbonyl (C=O) groups excluding carboxylic acids is 1. The van der Waals surface area contributed by atoms with Crippen molar-refractivity contribution in [3.63, 3.8) is 0 Å². The normalized spacial score (nSPS) is 24.1. The predicted molar refractivity (Wildman–Crippen MR) is 90.8 cm³/mol. The molecule has 134 valence electrons. The van der Waals surface area contributed by atoms with Gasteiger partial charge in [-0.1, -0.05) is 0 Å². The van der Waals surface area contributed by atoms with E-state index >= 15 is 0 Å². The minimum absolute atomic E-state index is 0.181. The standard InChI is InChI=1S/C17H29N5O2/c1-17(2,3)24-16(23)21-9-6-14(7-10-21)22-8-4-5-13(11-22)15-18-12-19-20-15/h12-14H,4-11H2,1-3H3,(H,18,19,20). The molecule has 1 N–H and O–H groups in total. The Hall–Kier alpha value is -1.63. The molecule has 24 heavy (non-hydrogen) atoms. The number of aromatic amines is 1. The zero-order valence-corrected chi connectivity index (χ0v) is 15.0. The second-order valence-electron chi connectivity index (χ2n) is 7.90. The van der Waals surface area contributed by atoms with Crippen molar-refractivity contribution < 1.29 is 9.53 Å². The van der Waals surface area contributed by atoms with E-state index in [0.717, 1.165) is 44.8 Å². The second-order valence-corrected chi connectivity index (χ2v) is 7.90. The number of aromatic nitrogens is 3. The maximum absolute atomic E-state index is 12.2. The van der Waals surface area contributed by atoms with E-state index in [2.05, 4.69) is 20.1 Å². The van der Waals surface area contributed by atoms with Crippen LogP contribution in [0.15, 0.2) is 6.33 Å². The third-order valence-electron chi connectivity index (χ3n) is 4.91. The highest BCUT2D eigenvalue weighted by Crippen LogP contribution is 2.28. The van der Waals surface area contributed by atoms with Crippen molar-refractivity contribution in [3.05, 3.63) is 12.2 Å². The fourth-order valence-electron chi connectivity index (χ4n) is 3.71. The fourth-order valence-corrected chi connectivity index (χ4v) is 3.71. The van der Waals surface area contributed by atoms with Gasteiger partial charge in [0.05, 0.1) is 0 Å². The van der Waals surface area contributed by atoms with E-state index in [4.69, 9.17) is 4.74 Å². The van der Waals surface area contributed by atoms with Crippen LogP contribution < -0.4 is 0 Å². The van der Waals surface area contributed by atoms with Crippen LogP contribution >= 0.6 is 0 Å². The van der Waals surface area contributed by atoms with Crippen molar-refractivity contribution in [1.29, 1.82) is 0 Å². The summed E-state index contributed by atoms with van der Waals surface area (Å²) in [6.45, 7) is 9.47. The fraction of sp³-hybridized carbons (Fsp3) is 0.824.